The number of ether oxygens (including phenoxy) is 1. The van der Waals surface area contributed by atoms with Crippen LogP contribution in [0.5, 0.6) is 5.75 Å². The first-order chi connectivity index (χ1) is 17.4. The molecule has 0 saturated heterocycles. The van der Waals surface area contributed by atoms with Gasteiger partial charge in [-0.2, -0.15) is 5.10 Å². The van der Waals surface area contributed by atoms with Gasteiger partial charge in [-0.15, -0.1) is 0 Å². The van der Waals surface area contributed by atoms with Crippen molar-refractivity contribution in [1.29, 1.82) is 0 Å². The van der Waals surface area contributed by atoms with Gasteiger partial charge in [0.25, 0.3) is 5.91 Å². The Morgan fingerprint density at radius 3 is 2.47 bits per heavy atom. The van der Waals surface area contributed by atoms with E-state index in [0.717, 1.165) is 42.6 Å². The van der Waals surface area contributed by atoms with Crippen LogP contribution in [0.2, 0.25) is 0 Å². The second kappa shape index (κ2) is 9.76. The number of hydrogen-bond acceptors (Lipinski definition) is 4. The maximum atomic E-state index is 13.8. The van der Waals surface area contributed by atoms with Gasteiger partial charge in [-0.1, -0.05) is 31.4 Å². The topological polar surface area (TPSA) is 76.5 Å². The maximum Gasteiger partial charge on any atom is 0.273 e. The van der Waals surface area contributed by atoms with Crippen molar-refractivity contribution < 1.29 is 18.7 Å². The summed E-state index contributed by atoms with van der Waals surface area (Å²) >= 11 is 0. The Kier molecular flexibility index (Phi) is 6.51. The largest absolute Gasteiger partial charge is 0.497 e. The Balaban J connectivity index is 1.49. The highest BCUT2D eigenvalue weighted by Gasteiger charge is 2.48. The number of methoxy groups -OCH3 is 1. The van der Waals surface area contributed by atoms with E-state index in [-0.39, 0.29) is 36.8 Å². The molecule has 2 heterocycles. The first-order valence-electron chi connectivity index (χ1n) is 12.5. The predicted molar refractivity (Wildman–Crippen MR) is 134 cm³/mol. The van der Waals surface area contributed by atoms with Gasteiger partial charge in [0.2, 0.25) is 5.91 Å². The van der Waals surface area contributed by atoms with Gasteiger partial charge >= 0.3 is 0 Å². The number of benzene rings is 2. The van der Waals surface area contributed by atoms with Crippen LogP contribution in [-0.4, -0.2) is 45.2 Å². The molecule has 1 unspecified atom stereocenters. The van der Waals surface area contributed by atoms with Crippen LogP contribution in [0.4, 0.5) is 4.39 Å². The average molecular weight is 491 g/mol. The summed E-state index contributed by atoms with van der Waals surface area (Å²) in [6.45, 7) is 2.21. The lowest BCUT2D eigenvalue weighted by Crippen LogP contribution is -2.64. The molecule has 3 aromatic rings. The molecule has 7 nitrogen and oxygen atoms in total. The van der Waals surface area contributed by atoms with Crippen molar-refractivity contribution in [2.75, 3.05) is 7.11 Å². The first kappa shape index (κ1) is 24.0. The van der Waals surface area contributed by atoms with Crippen LogP contribution in [-0.2, 0) is 17.9 Å². The third-order valence-electron chi connectivity index (χ3n) is 7.37. The molecule has 1 atom stereocenters. The van der Waals surface area contributed by atoms with Crippen molar-refractivity contribution in [3.63, 3.8) is 0 Å². The van der Waals surface area contributed by atoms with Crippen LogP contribution >= 0.6 is 0 Å². The number of carbonyl (C=O) groups excluding carboxylic acids is 2. The minimum absolute atomic E-state index is 0.111. The molecule has 0 radical (unpaired) electrons. The molecule has 1 aromatic heterocycles. The van der Waals surface area contributed by atoms with E-state index in [1.54, 1.807) is 41.8 Å². The molecular weight excluding hydrogens is 459 g/mol. The van der Waals surface area contributed by atoms with Crippen molar-refractivity contribution in [2.45, 2.75) is 63.7 Å². The van der Waals surface area contributed by atoms with E-state index in [2.05, 4.69) is 5.32 Å². The Bertz CT molecular complexity index is 1250. The van der Waals surface area contributed by atoms with Crippen LogP contribution in [0.15, 0.2) is 54.6 Å². The number of fused-ring (bicyclic) bond motifs is 1. The molecular formula is C28H31FN4O3. The highest BCUT2D eigenvalue weighted by molar-refractivity contribution is 6.00. The van der Waals surface area contributed by atoms with Crippen LogP contribution < -0.4 is 10.1 Å². The Morgan fingerprint density at radius 2 is 1.81 bits per heavy atom. The minimum Gasteiger partial charge on any atom is -0.497 e. The molecule has 1 N–H and O–H groups in total. The van der Waals surface area contributed by atoms with Gasteiger partial charge in [0.1, 0.15) is 22.8 Å². The molecule has 1 fully saturated rings. The van der Waals surface area contributed by atoms with E-state index >= 15 is 0 Å². The molecule has 2 amide bonds. The van der Waals surface area contributed by atoms with Gasteiger partial charge in [-0.05, 0) is 67.8 Å². The standard InChI is InChI=1S/C28H31FN4O3/c1-28(27(35)30-22-6-4-3-5-7-22)18-33-25(16-24(31-33)20-10-14-23(36-2)15-11-20)26(34)32(28)17-19-8-12-21(29)13-9-19/h8-16,22H,3-7,17-18H2,1-2H3,(H,30,35). The molecule has 2 aliphatic rings. The lowest BCUT2D eigenvalue weighted by atomic mass is 9.91. The highest BCUT2D eigenvalue weighted by atomic mass is 19.1. The quantitative estimate of drug-likeness (QED) is 0.550. The van der Waals surface area contributed by atoms with E-state index in [1.165, 1.54) is 18.6 Å². The number of amides is 2. The number of hydrogen-bond donors (Lipinski definition) is 1. The zero-order valence-electron chi connectivity index (χ0n) is 20.7. The Hall–Kier alpha value is -3.68. The highest BCUT2D eigenvalue weighted by Crippen LogP contribution is 2.32. The zero-order chi connectivity index (χ0) is 25.3. The summed E-state index contributed by atoms with van der Waals surface area (Å²) in [6.07, 6.45) is 5.26. The van der Waals surface area contributed by atoms with E-state index < -0.39 is 5.54 Å². The van der Waals surface area contributed by atoms with Crippen molar-refractivity contribution in [3.05, 3.63) is 71.7 Å². The fourth-order valence-electron chi connectivity index (χ4n) is 5.15. The van der Waals surface area contributed by atoms with Crippen LogP contribution in [0.3, 0.4) is 0 Å². The number of halogens is 1. The first-order valence-corrected chi connectivity index (χ1v) is 12.5. The van der Waals surface area contributed by atoms with Gasteiger partial charge in [0, 0.05) is 18.2 Å². The fourth-order valence-corrected chi connectivity index (χ4v) is 5.15. The number of nitrogens with zero attached hydrogens (tertiary/aromatic N) is 3. The van der Waals surface area contributed by atoms with E-state index in [9.17, 15) is 14.0 Å². The molecule has 36 heavy (non-hydrogen) atoms. The third-order valence-corrected chi connectivity index (χ3v) is 7.37. The van der Waals surface area contributed by atoms with Gasteiger partial charge < -0.3 is 15.0 Å². The van der Waals surface area contributed by atoms with E-state index in [4.69, 9.17) is 9.84 Å². The smallest absolute Gasteiger partial charge is 0.273 e. The van der Waals surface area contributed by atoms with Gasteiger partial charge in [-0.25, -0.2) is 4.39 Å². The van der Waals surface area contributed by atoms with Gasteiger partial charge in [-0.3, -0.25) is 14.3 Å². The van der Waals surface area contributed by atoms with E-state index in [0.29, 0.717) is 11.4 Å². The summed E-state index contributed by atoms with van der Waals surface area (Å²) in [5.74, 6) is -0.0731. The number of aromatic nitrogens is 2. The van der Waals surface area contributed by atoms with Gasteiger partial charge in [0.15, 0.2) is 0 Å². The van der Waals surface area contributed by atoms with Crippen molar-refractivity contribution in [3.8, 4) is 17.0 Å². The summed E-state index contributed by atoms with van der Waals surface area (Å²) in [6, 6.07) is 15.4. The second-order valence-electron chi connectivity index (χ2n) is 9.90. The van der Waals surface area contributed by atoms with Crippen LogP contribution in [0, 0.1) is 5.82 Å². The van der Waals surface area contributed by atoms with Crippen molar-refractivity contribution in [1.82, 2.24) is 20.0 Å². The normalized spacial score (nSPS) is 20.2. The van der Waals surface area contributed by atoms with Crippen molar-refractivity contribution in [2.24, 2.45) is 0 Å². The third kappa shape index (κ3) is 4.59. The lowest BCUT2D eigenvalue weighted by molar-refractivity contribution is -0.134. The molecule has 5 rings (SSSR count). The Morgan fingerprint density at radius 1 is 1.11 bits per heavy atom. The van der Waals surface area contributed by atoms with Crippen LogP contribution in [0.25, 0.3) is 11.3 Å². The van der Waals surface area contributed by atoms with Crippen LogP contribution in [0.1, 0.15) is 55.1 Å². The molecule has 1 saturated carbocycles. The summed E-state index contributed by atoms with van der Waals surface area (Å²) in [4.78, 5) is 29.2. The van der Waals surface area contributed by atoms with E-state index in [1.807, 2.05) is 24.3 Å². The molecule has 1 aliphatic carbocycles. The second-order valence-corrected chi connectivity index (χ2v) is 9.90. The number of rotatable bonds is 6. The molecule has 0 bridgehead atoms. The molecule has 1 aliphatic heterocycles. The lowest BCUT2D eigenvalue weighted by Gasteiger charge is -2.44. The fraction of sp³-hybridized carbons (Fsp3) is 0.393. The zero-order valence-corrected chi connectivity index (χ0v) is 20.7. The Labute approximate surface area is 210 Å². The summed E-state index contributed by atoms with van der Waals surface area (Å²) < 4.78 is 20.4. The maximum absolute atomic E-state index is 13.8. The molecule has 188 valence electrons. The van der Waals surface area contributed by atoms with Gasteiger partial charge in [0.05, 0.1) is 19.3 Å². The molecule has 8 heteroatoms. The minimum atomic E-state index is -1.15. The summed E-state index contributed by atoms with van der Waals surface area (Å²) in [5.41, 5.74) is 1.53. The molecule has 2 aromatic carbocycles. The van der Waals surface area contributed by atoms with Crippen molar-refractivity contribution >= 4 is 11.8 Å². The summed E-state index contributed by atoms with van der Waals surface area (Å²) in [7, 11) is 1.61. The average Bonchev–Trinajstić information content (AvgIpc) is 3.32. The monoisotopic (exact) mass is 490 g/mol. The summed E-state index contributed by atoms with van der Waals surface area (Å²) in [5, 5.41) is 7.91. The molecule has 0 spiro atoms. The predicted octanol–water partition coefficient (Wildman–Crippen LogP) is 4.56. The number of nitrogens with one attached hydrogen (secondary N) is 1. The number of carbonyl (C=O) groups is 2. The SMILES string of the molecule is COc1ccc(-c2cc3n(n2)CC(C)(C(=O)NC2CCCCC2)N(Cc2ccc(F)cc2)C3=O)cc1.